The highest BCUT2D eigenvalue weighted by molar-refractivity contribution is 6.05. The number of benzene rings is 2. The Hall–Kier alpha value is -3.15. The molecule has 0 fully saturated rings. The molecule has 0 aliphatic carbocycles. The molecule has 0 atom stereocenters. The van der Waals surface area contributed by atoms with Crippen molar-refractivity contribution in [3.63, 3.8) is 0 Å². The second-order valence-electron chi connectivity index (χ2n) is 4.39. The number of hydrogen-bond donors (Lipinski definition) is 2. The number of rotatable bonds is 3. The zero-order chi connectivity index (χ0) is 14.7. The molecule has 0 bridgehead atoms. The Kier molecular flexibility index (Phi) is 3.34. The van der Waals surface area contributed by atoms with Gasteiger partial charge in [-0.15, -0.1) is 5.10 Å². The van der Waals surface area contributed by atoms with Crippen LogP contribution < -0.4 is 11.1 Å². The van der Waals surface area contributed by atoms with Crippen molar-refractivity contribution in [2.45, 2.75) is 0 Å². The predicted molar refractivity (Wildman–Crippen MR) is 80.2 cm³/mol. The quantitative estimate of drug-likeness (QED) is 0.768. The summed E-state index contributed by atoms with van der Waals surface area (Å²) in [6.45, 7) is 0. The molecular weight excluding hydrogens is 266 g/mol. The van der Waals surface area contributed by atoms with Crippen molar-refractivity contribution >= 4 is 17.4 Å². The molecule has 3 aromatic rings. The number of carbonyl (C=O) groups excluding carboxylic acids is 1. The van der Waals surface area contributed by atoms with Crippen LogP contribution in [0.25, 0.3) is 5.69 Å². The van der Waals surface area contributed by atoms with Crippen molar-refractivity contribution < 1.29 is 4.79 Å². The lowest BCUT2D eigenvalue weighted by atomic mass is 10.3. The smallest absolute Gasteiger partial charge is 0.280 e. The highest BCUT2D eigenvalue weighted by atomic mass is 16.2. The number of nitrogens with one attached hydrogen (secondary N) is 1. The lowest BCUT2D eigenvalue weighted by Crippen LogP contribution is -2.14. The highest BCUT2D eigenvalue weighted by Gasteiger charge is 2.18. The molecule has 1 amide bonds. The Bertz CT molecular complexity index is 752. The average Bonchev–Trinajstić information content (AvgIpc) is 2.91. The number of nitrogen functional groups attached to an aromatic ring is 1. The van der Waals surface area contributed by atoms with Gasteiger partial charge < -0.3 is 11.1 Å². The molecule has 6 heteroatoms. The Morgan fingerprint density at radius 3 is 2.29 bits per heavy atom. The number of hydrogen-bond acceptors (Lipinski definition) is 4. The van der Waals surface area contributed by atoms with Gasteiger partial charge in [0.05, 0.1) is 5.69 Å². The van der Waals surface area contributed by atoms with Crippen molar-refractivity contribution in [3.8, 4) is 5.69 Å². The molecule has 0 aliphatic heterocycles. The molecule has 1 aromatic heterocycles. The Labute approximate surface area is 121 Å². The van der Waals surface area contributed by atoms with Crippen molar-refractivity contribution in [1.29, 1.82) is 0 Å². The molecular formula is C15H13N5O. The van der Waals surface area contributed by atoms with E-state index in [-0.39, 0.29) is 17.4 Å². The standard InChI is InChI=1S/C15H13N5O/c16-14-13(15(21)17-11-7-3-1-4-8-11)18-19-20(14)12-9-5-2-6-10-12/h1-10H,16H2,(H,17,21). The highest BCUT2D eigenvalue weighted by Crippen LogP contribution is 2.16. The third kappa shape index (κ3) is 2.59. The van der Waals surface area contributed by atoms with Gasteiger partial charge in [-0.2, -0.15) is 4.68 Å². The Morgan fingerprint density at radius 2 is 1.62 bits per heavy atom. The summed E-state index contributed by atoms with van der Waals surface area (Å²) in [7, 11) is 0. The van der Waals surface area contributed by atoms with Crippen molar-refractivity contribution in [2.24, 2.45) is 0 Å². The van der Waals surface area contributed by atoms with E-state index in [1.807, 2.05) is 48.5 Å². The summed E-state index contributed by atoms with van der Waals surface area (Å²) in [6, 6.07) is 18.4. The molecule has 0 spiro atoms. The van der Waals surface area contributed by atoms with Crippen LogP contribution in [0.4, 0.5) is 11.5 Å². The van der Waals surface area contributed by atoms with E-state index in [0.717, 1.165) is 5.69 Å². The van der Waals surface area contributed by atoms with E-state index in [9.17, 15) is 4.79 Å². The summed E-state index contributed by atoms with van der Waals surface area (Å²) in [5.74, 6) is -0.185. The first-order valence-electron chi connectivity index (χ1n) is 6.38. The zero-order valence-corrected chi connectivity index (χ0v) is 11.1. The second-order valence-corrected chi connectivity index (χ2v) is 4.39. The van der Waals surface area contributed by atoms with Crippen molar-refractivity contribution in [2.75, 3.05) is 11.1 Å². The topological polar surface area (TPSA) is 85.8 Å². The summed E-state index contributed by atoms with van der Waals surface area (Å²) >= 11 is 0. The minimum absolute atomic E-state index is 0.0997. The van der Waals surface area contributed by atoms with E-state index in [0.29, 0.717) is 5.69 Å². The first-order chi connectivity index (χ1) is 10.3. The molecule has 1 heterocycles. The fraction of sp³-hybridized carbons (Fsp3) is 0. The van der Waals surface area contributed by atoms with E-state index in [4.69, 9.17) is 5.73 Å². The molecule has 0 saturated carbocycles. The van der Waals surface area contributed by atoms with Gasteiger partial charge >= 0.3 is 0 Å². The molecule has 0 saturated heterocycles. The van der Waals surface area contributed by atoms with Gasteiger partial charge in [-0.05, 0) is 24.3 Å². The van der Waals surface area contributed by atoms with Crippen LogP contribution >= 0.6 is 0 Å². The number of aromatic nitrogens is 3. The lowest BCUT2D eigenvalue weighted by molar-refractivity contribution is 0.102. The van der Waals surface area contributed by atoms with E-state index in [2.05, 4.69) is 15.6 Å². The van der Waals surface area contributed by atoms with Crippen LogP contribution in [-0.2, 0) is 0 Å². The molecule has 3 rings (SSSR count). The van der Waals surface area contributed by atoms with E-state index in [1.165, 1.54) is 4.68 Å². The van der Waals surface area contributed by atoms with Gasteiger partial charge in [-0.1, -0.05) is 41.6 Å². The van der Waals surface area contributed by atoms with E-state index >= 15 is 0 Å². The summed E-state index contributed by atoms with van der Waals surface area (Å²) in [5.41, 5.74) is 7.49. The van der Waals surface area contributed by atoms with Crippen LogP contribution in [0.5, 0.6) is 0 Å². The number of amides is 1. The van der Waals surface area contributed by atoms with Gasteiger partial charge in [0.2, 0.25) is 0 Å². The Morgan fingerprint density at radius 1 is 1.00 bits per heavy atom. The van der Waals surface area contributed by atoms with Gasteiger partial charge in [-0.3, -0.25) is 4.79 Å². The van der Waals surface area contributed by atoms with Crippen molar-refractivity contribution in [3.05, 3.63) is 66.4 Å². The van der Waals surface area contributed by atoms with Gasteiger partial charge in [0.25, 0.3) is 5.91 Å². The first-order valence-corrected chi connectivity index (χ1v) is 6.38. The van der Waals surface area contributed by atoms with Gasteiger partial charge in [0.15, 0.2) is 11.5 Å². The molecule has 21 heavy (non-hydrogen) atoms. The van der Waals surface area contributed by atoms with Crippen LogP contribution in [0.2, 0.25) is 0 Å². The summed E-state index contributed by atoms with van der Waals surface area (Å²) < 4.78 is 1.43. The molecule has 0 radical (unpaired) electrons. The zero-order valence-electron chi connectivity index (χ0n) is 11.1. The SMILES string of the molecule is Nc1c(C(=O)Nc2ccccc2)nnn1-c1ccccc1. The second kappa shape index (κ2) is 5.46. The average molecular weight is 279 g/mol. The normalized spacial score (nSPS) is 10.3. The maximum absolute atomic E-state index is 12.2. The van der Waals surface area contributed by atoms with E-state index in [1.54, 1.807) is 12.1 Å². The molecule has 2 aromatic carbocycles. The largest absolute Gasteiger partial charge is 0.382 e. The van der Waals surface area contributed by atoms with Crippen LogP contribution in [0.15, 0.2) is 60.7 Å². The number of nitrogens with two attached hydrogens (primary N) is 1. The summed E-state index contributed by atoms with van der Waals surface area (Å²) in [4.78, 5) is 12.2. The number of para-hydroxylation sites is 2. The number of anilines is 2. The monoisotopic (exact) mass is 279 g/mol. The van der Waals surface area contributed by atoms with Crippen LogP contribution in [-0.4, -0.2) is 20.9 Å². The number of nitrogens with zero attached hydrogens (tertiary/aromatic N) is 3. The van der Waals surface area contributed by atoms with Crippen molar-refractivity contribution in [1.82, 2.24) is 15.0 Å². The minimum Gasteiger partial charge on any atom is -0.382 e. The molecule has 6 nitrogen and oxygen atoms in total. The first kappa shape index (κ1) is 12.9. The Balaban J connectivity index is 1.87. The molecule has 0 aliphatic rings. The summed E-state index contributed by atoms with van der Waals surface area (Å²) in [5, 5.41) is 10.5. The summed E-state index contributed by atoms with van der Waals surface area (Å²) in [6.07, 6.45) is 0. The van der Waals surface area contributed by atoms with Crippen LogP contribution in [0.1, 0.15) is 10.5 Å². The van der Waals surface area contributed by atoms with Gasteiger partial charge in [0.1, 0.15) is 0 Å². The fourth-order valence-electron chi connectivity index (χ4n) is 1.92. The maximum Gasteiger partial charge on any atom is 0.280 e. The third-order valence-electron chi connectivity index (χ3n) is 2.95. The third-order valence-corrected chi connectivity index (χ3v) is 2.95. The van der Waals surface area contributed by atoms with E-state index < -0.39 is 0 Å². The van der Waals surface area contributed by atoms with Gasteiger partial charge in [-0.25, -0.2) is 0 Å². The van der Waals surface area contributed by atoms with Gasteiger partial charge in [0, 0.05) is 5.69 Å². The number of carbonyl (C=O) groups is 1. The minimum atomic E-state index is -0.388. The predicted octanol–water partition coefficient (Wildman–Crippen LogP) is 2.10. The molecule has 0 unspecified atom stereocenters. The lowest BCUT2D eigenvalue weighted by Gasteiger charge is -2.04. The molecule has 104 valence electrons. The molecule has 3 N–H and O–H groups in total. The fourth-order valence-corrected chi connectivity index (χ4v) is 1.92. The van der Waals surface area contributed by atoms with Crippen LogP contribution in [0, 0.1) is 0 Å². The van der Waals surface area contributed by atoms with Crippen LogP contribution in [0.3, 0.4) is 0 Å². The maximum atomic E-state index is 12.2.